The number of ether oxygens (including phenoxy) is 3. The van der Waals surface area contributed by atoms with Crippen LogP contribution in [0.3, 0.4) is 0 Å². The molecule has 0 spiro atoms. The first-order valence-electron chi connectivity index (χ1n) is 9.94. The first-order chi connectivity index (χ1) is 14.8. The lowest BCUT2D eigenvalue weighted by molar-refractivity contribution is -0.138. The lowest BCUT2D eigenvalue weighted by Gasteiger charge is -2.30. The molecule has 1 aliphatic rings. The van der Waals surface area contributed by atoms with Crippen LogP contribution in [-0.4, -0.2) is 31.8 Å². The van der Waals surface area contributed by atoms with Crippen LogP contribution < -0.4 is 20.1 Å². The summed E-state index contributed by atoms with van der Waals surface area (Å²) < 4.78 is 17.4. The number of carbonyl (C=O) groups is 2. The van der Waals surface area contributed by atoms with Crippen LogP contribution in [0, 0.1) is 0 Å². The van der Waals surface area contributed by atoms with Crippen molar-refractivity contribution in [2.75, 3.05) is 13.7 Å². The summed E-state index contributed by atoms with van der Waals surface area (Å²) in [5.74, 6) is 0.512. The van der Waals surface area contributed by atoms with E-state index in [-0.39, 0.29) is 12.7 Å². The lowest BCUT2D eigenvalue weighted by atomic mass is 9.92. The minimum Gasteiger partial charge on any atom is -0.493 e. The smallest absolute Gasteiger partial charge is 0.338 e. The maximum absolute atomic E-state index is 13.0. The highest BCUT2D eigenvalue weighted by Crippen LogP contribution is 2.41. The van der Waals surface area contributed by atoms with Gasteiger partial charge >= 0.3 is 12.0 Å². The number of amides is 2. The predicted octanol–water partition coefficient (Wildman–Crippen LogP) is 4.57. The number of carbonyl (C=O) groups excluding carboxylic acids is 2. The zero-order valence-corrected chi connectivity index (χ0v) is 19.4. The van der Waals surface area contributed by atoms with Crippen LogP contribution in [0.15, 0.2) is 52.5 Å². The van der Waals surface area contributed by atoms with Gasteiger partial charge in [-0.05, 0) is 60.0 Å². The molecule has 8 heteroatoms. The molecule has 0 saturated carbocycles. The average molecular weight is 489 g/mol. The Hall–Kier alpha value is -3.00. The molecule has 3 rings (SSSR count). The van der Waals surface area contributed by atoms with Crippen LogP contribution in [0.1, 0.15) is 37.9 Å². The Kier molecular flexibility index (Phi) is 7.22. The number of urea groups is 1. The molecule has 2 amide bonds. The van der Waals surface area contributed by atoms with Crippen LogP contribution >= 0.6 is 15.9 Å². The van der Waals surface area contributed by atoms with E-state index in [0.717, 1.165) is 0 Å². The fourth-order valence-electron chi connectivity index (χ4n) is 3.33. The van der Waals surface area contributed by atoms with E-state index in [0.29, 0.717) is 38.4 Å². The standard InChI is InChI=1S/C23H25BrN2O5/c1-5-30-22(27)18-19(14-9-7-6-8-10-14)25-23(28)26-20(18)15-11-16(24)21(31-13(2)3)17(12-15)29-4/h6-13,20H,5H2,1-4H3,(H2,25,26,28). The summed E-state index contributed by atoms with van der Waals surface area (Å²) in [7, 11) is 1.54. The second kappa shape index (κ2) is 9.87. The van der Waals surface area contributed by atoms with E-state index in [1.54, 1.807) is 19.1 Å². The quantitative estimate of drug-likeness (QED) is 0.557. The Labute approximate surface area is 189 Å². The Morgan fingerprint density at radius 2 is 1.90 bits per heavy atom. The first kappa shape index (κ1) is 22.7. The summed E-state index contributed by atoms with van der Waals surface area (Å²) in [6.07, 6.45) is -0.0608. The van der Waals surface area contributed by atoms with E-state index in [1.165, 1.54) is 7.11 Å². The van der Waals surface area contributed by atoms with Gasteiger partial charge in [0.2, 0.25) is 0 Å². The summed E-state index contributed by atoms with van der Waals surface area (Å²) in [6.45, 7) is 5.78. The average Bonchev–Trinajstić information content (AvgIpc) is 2.74. The molecule has 2 N–H and O–H groups in total. The van der Waals surface area contributed by atoms with Gasteiger partial charge in [-0.15, -0.1) is 0 Å². The molecule has 1 aliphatic heterocycles. The Balaban J connectivity index is 2.19. The van der Waals surface area contributed by atoms with Crippen molar-refractivity contribution < 1.29 is 23.8 Å². The number of rotatable bonds is 7. The van der Waals surface area contributed by atoms with Gasteiger partial charge in [0.15, 0.2) is 11.5 Å². The molecule has 164 valence electrons. The lowest BCUT2D eigenvalue weighted by Crippen LogP contribution is -2.45. The molecule has 0 fully saturated rings. The van der Waals surface area contributed by atoms with Gasteiger partial charge in [0.1, 0.15) is 0 Å². The van der Waals surface area contributed by atoms with Crippen LogP contribution in [0.25, 0.3) is 5.70 Å². The number of hydrogen-bond acceptors (Lipinski definition) is 5. The molecule has 31 heavy (non-hydrogen) atoms. The van der Waals surface area contributed by atoms with Crippen molar-refractivity contribution >= 4 is 33.6 Å². The van der Waals surface area contributed by atoms with Gasteiger partial charge in [-0.2, -0.15) is 0 Å². The van der Waals surface area contributed by atoms with E-state index < -0.39 is 18.0 Å². The molecule has 0 bridgehead atoms. The number of nitrogens with one attached hydrogen (secondary N) is 2. The molecule has 0 radical (unpaired) electrons. The highest BCUT2D eigenvalue weighted by Gasteiger charge is 2.35. The monoisotopic (exact) mass is 488 g/mol. The van der Waals surface area contributed by atoms with Crippen molar-refractivity contribution in [1.29, 1.82) is 0 Å². The van der Waals surface area contributed by atoms with Crippen molar-refractivity contribution in [2.24, 2.45) is 0 Å². The number of hydrogen-bond donors (Lipinski definition) is 2. The topological polar surface area (TPSA) is 85.9 Å². The largest absolute Gasteiger partial charge is 0.493 e. The van der Waals surface area contributed by atoms with Crippen LogP contribution in [0.4, 0.5) is 4.79 Å². The maximum atomic E-state index is 13.0. The zero-order chi connectivity index (χ0) is 22.5. The van der Waals surface area contributed by atoms with Crippen molar-refractivity contribution in [3.63, 3.8) is 0 Å². The number of halogens is 1. The minimum atomic E-state index is -0.749. The predicted molar refractivity (Wildman–Crippen MR) is 121 cm³/mol. The molecular formula is C23H25BrN2O5. The first-order valence-corrected chi connectivity index (χ1v) is 10.7. The fraction of sp³-hybridized carbons (Fsp3) is 0.304. The van der Waals surface area contributed by atoms with Crippen molar-refractivity contribution in [1.82, 2.24) is 10.6 Å². The molecule has 0 saturated heterocycles. The second-order valence-corrected chi connectivity index (χ2v) is 7.96. The van der Waals surface area contributed by atoms with Crippen LogP contribution in [0.5, 0.6) is 11.5 Å². The highest BCUT2D eigenvalue weighted by atomic mass is 79.9. The van der Waals surface area contributed by atoms with Gasteiger partial charge < -0.3 is 24.8 Å². The van der Waals surface area contributed by atoms with E-state index in [9.17, 15) is 9.59 Å². The zero-order valence-electron chi connectivity index (χ0n) is 17.8. The fourth-order valence-corrected chi connectivity index (χ4v) is 3.89. The third kappa shape index (κ3) is 5.02. The number of benzene rings is 2. The van der Waals surface area contributed by atoms with Gasteiger partial charge in [0.05, 0.1) is 41.6 Å². The van der Waals surface area contributed by atoms with Gasteiger partial charge in [-0.25, -0.2) is 9.59 Å². The van der Waals surface area contributed by atoms with Crippen LogP contribution in [-0.2, 0) is 9.53 Å². The molecule has 0 aliphatic carbocycles. The van der Waals surface area contributed by atoms with E-state index in [2.05, 4.69) is 26.6 Å². The molecule has 2 aromatic carbocycles. The van der Waals surface area contributed by atoms with Crippen molar-refractivity contribution in [3.8, 4) is 11.5 Å². The molecule has 7 nitrogen and oxygen atoms in total. The third-order valence-electron chi connectivity index (χ3n) is 4.57. The van der Waals surface area contributed by atoms with Gasteiger partial charge in [0.25, 0.3) is 0 Å². The highest BCUT2D eigenvalue weighted by molar-refractivity contribution is 9.10. The minimum absolute atomic E-state index is 0.0608. The summed E-state index contributed by atoms with van der Waals surface area (Å²) in [4.78, 5) is 25.5. The summed E-state index contributed by atoms with van der Waals surface area (Å²) in [5.41, 5.74) is 2.06. The summed E-state index contributed by atoms with van der Waals surface area (Å²) >= 11 is 3.53. The number of methoxy groups -OCH3 is 1. The van der Waals surface area contributed by atoms with Crippen molar-refractivity contribution in [2.45, 2.75) is 32.9 Å². The summed E-state index contributed by atoms with van der Waals surface area (Å²) in [5, 5.41) is 5.60. The van der Waals surface area contributed by atoms with Gasteiger partial charge in [0, 0.05) is 0 Å². The Morgan fingerprint density at radius 3 is 2.52 bits per heavy atom. The SMILES string of the molecule is CCOC(=O)C1=C(c2ccccc2)NC(=O)NC1c1cc(Br)c(OC(C)C)c(OC)c1. The van der Waals surface area contributed by atoms with E-state index >= 15 is 0 Å². The van der Waals surface area contributed by atoms with Crippen LogP contribution in [0.2, 0.25) is 0 Å². The normalized spacial score (nSPS) is 15.9. The molecular weight excluding hydrogens is 464 g/mol. The molecule has 1 heterocycles. The molecule has 2 aromatic rings. The Morgan fingerprint density at radius 1 is 1.19 bits per heavy atom. The molecule has 0 aromatic heterocycles. The Bertz CT molecular complexity index is 1000. The van der Waals surface area contributed by atoms with E-state index in [4.69, 9.17) is 14.2 Å². The summed E-state index contributed by atoms with van der Waals surface area (Å²) in [6, 6.07) is 11.6. The van der Waals surface area contributed by atoms with Gasteiger partial charge in [-0.1, -0.05) is 30.3 Å². The third-order valence-corrected chi connectivity index (χ3v) is 5.16. The second-order valence-electron chi connectivity index (χ2n) is 7.11. The molecule has 1 unspecified atom stereocenters. The van der Waals surface area contributed by atoms with E-state index in [1.807, 2.05) is 44.2 Å². The van der Waals surface area contributed by atoms with Crippen molar-refractivity contribution in [3.05, 3.63) is 63.6 Å². The molecule has 1 atom stereocenters. The van der Waals surface area contributed by atoms with Gasteiger partial charge in [-0.3, -0.25) is 0 Å². The maximum Gasteiger partial charge on any atom is 0.338 e. The number of esters is 1.